The maximum atomic E-state index is 11.7. The van der Waals surface area contributed by atoms with Gasteiger partial charge in [-0.1, -0.05) is 29.5 Å². The maximum Gasteiger partial charge on any atom is 0.324 e. The predicted octanol–water partition coefficient (Wildman–Crippen LogP) is 1.54. The number of nitro groups is 1. The van der Waals surface area contributed by atoms with Gasteiger partial charge in [-0.15, -0.1) is 0 Å². The number of nitrogens with one attached hydrogen (secondary N) is 2. The number of amides is 2. The second-order valence-electron chi connectivity index (χ2n) is 4.27. The first-order valence-electron chi connectivity index (χ1n) is 6.45. The van der Waals surface area contributed by atoms with Gasteiger partial charge in [-0.2, -0.15) is 5.10 Å². The molecule has 23 heavy (non-hydrogen) atoms. The fourth-order valence-corrected chi connectivity index (χ4v) is 2.26. The van der Waals surface area contributed by atoms with Crippen LogP contribution in [0.5, 0.6) is 0 Å². The van der Waals surface area contributed by atoms with Gasteiger partial charge in [-0.3, -0.25) is 19.7 Å². The van der Waals surface area contributed by atoms with E-state index >= 15 is 0 Å². The zero-order valence-corrected chi connectivity index (χ0v) is 12.6. The molecule has 2 amide bonds. The zero-order valence-electron chi connectivity index (χ0n) is 11.8. The first-order valence-corrected chi connectivity index (χ1v) is 7.27. The number of rotatable bonds is 6. The quantitative estimate of drug-likeness (QED) is 0.474. The van der Waals surface area contributed by atoms with Gasteiger partial charge in [-0.25, -0.2) is 5.43 Å². The van der Waals surface area contributed by atoms with Gasteiger partial charge in [0, 0.05) is 11.6 Å². The minimum Gasteiger partial charge on any atom is -0.343 e. The lowest BCUT2D eigenvalue weighted by molar-refractivity contribution is -0.380. The van der Waals surface area contributed by atoms with Crippen molar-refractivity contribution in [1.82, 2.24) is 10.7 Å². The molecule has 0 aliphatic rings. The van der Waals surface area contributed by atoms with Crippen LogP contribution in [0.25, 0.3) is 0 Å². The monoisotopic (exact) mass is 332 g/mol. The number of carbonyl (C=O) groups excluding carboxylic acids is 2. The van der Waals surface area contributed by atoms with E-state index in [1.165, 1.54) is 18.3 Å². The molecule has 0 saturated heterocycles. The van der Waals surface area contributed by atoms with Crippen molar-refractivity contribution < 1.29 is 14.5 Å². The molecular weight excluding hydrogens is 320 g/mol. The molecule has 0 saturated carbocycles. The van der Waals surface area contributed by atoms with Crippen molar-refractivity contribution in [2.24, 2.45) is 5.10 Å². The third-order valence-electron chi connectivity index (χ3n) is 2.62. The first-order chi connectivity index (χ1) is 11.1. The minimum atomic E-state index is -0.503. The van der Waals surface area contributed by atoms with Gasteiger partial charge in [-0.05, 0) is 18.2 Å². The molecule has 0 bridgehead atoms. The van der Waals surface area contributed by atoms with Crippen molar-refractivity contribution in [3.8, 4) is 0 Å². The Morgan fingerprint density at radius 3 is 2.61 bits per heavy atom. The standard InChI is InChI=1S/C14H12N4O4S/c19-12(9-15-14(20)10-4-2-1-3-5-10)17-16-8-11-6-7-13(23-11)18(21)22/h1-8H,9H2,(H,15,20)(H,17,19)/b16-8+. The Bertz CT molecular complexity index is 742. The smallest absolute Gasteiger partial charge is 0.324 e. The van der Waals surface area contributed by atoms with Crippen LogP contribution in [0.1, 0.15) is 15.2 Å². The molecule has 0 aliphatic heterocycles. The summed E-state index contributed by atoms with van der Waals surface area (Å²) in [5, 5.41) is 16.6. The van der Waals surface area contributed by atoms with Crippen molar-refractivity contribution in [2.75, 3.05) is 6.54 Å². The van der Waals surface area contributed by atoms with E-state index in [-0.39, 0.29) is 17.5 Å². The highest BCUT2D eigenvalue weighted by Gasteiger charge is 2.09. The van der Waals surface area contributed by atoms with Crippen LogP contribution in [-0.2, 0) is 4.79 Å². The SMILES string of the molecule is O=C(CNC(=O)c1ccccc1)N/N=C/c1ccc([N+](=O)[O-])s1. The molecule has 8 nitrogen and oxygen atoms in total. The number of hydrogen-bond donors (Lipinski definition) is 2. The number of hydrogen-bond acceptors (Lipinski definition) is 6. The van der Waals surface area contributed by atoms with Crippen LogP contribution in [0.3, 0.4) is 0 Å². The number of hydrazone groups is 1. The van der Waals surface area contributed by atoms with Gasteiger partial charge in [0.1, 0.15) is 0 Å². The Morgan fingerprint density at radius 1 is 1.22 bits per heavy atom. The summed E-state index contributed by atoms with van der Waals surface area (Å²) < 4.78 is 0. The maximum absolute atomic E-state index is 11.7. The van der Waals surface area contributed by atoms with Crippen LogP contribution >= 0.6 is 11.3 Å². The highest BCUT2D eigenvalue weighted by atomic mass is 32.1. The van der Waals surface area contributed by atoms with Gasteiger partial charge in [0.2, 0.25) is 0 Å². The summed E-state index contributed by atoms with van der Waals surface area (Å²) in [4.78, 5) is 33.8. The van der Waals surface area contributed by atoms with Crippen LogP contribution in [0.2, 0.25) is 0 Å². The zero-order chi connectivity index (χ0) is 16.7. The van der Waals surface area contributed by atoms with Gasteiger partial charge < -0.3 is 5.32 Å². The van der Waals surface area contributed by atoms with E-state index in [1.54, 1.807) is 30.3 Å². The highest BCUT2D eigenvalue weighted by Crippen LogP contribution is 2.22. The van der Waals surface area contributed by atoms with E-state index in [2.05, 4.69) is 15.8 Å². The van der Waals surface area contributed by atoms with Crippen LogP contribution in [0.15, 0.2) is 47.6 Å². The summed E-state index contributed by atoms with van der Waals surface area (Å²) in [6.45, 7) is -0.227. The van der Waals surface area contributed by atoms with Gasteiger partial charge in [0.25, 0.3) is 11.8 Å². The molecular formula is C14H12N4O4S. The lowest BCUT2D eigenvalue weighted by Gasteiger charge is -2.03. The molecule has 1 aromatic heterocycles. The lowest BCUT2D eigenvalue weighted by Crippen LogP contribution is -2.34. The topological polar surface area (TPSA) is 114 Å². The molecule has 0 unspecified atom stereocenters. The second kappa shape index (κ2) is 7.80. The molecule has 9 heteroatoms. The fourth-order valence-electron chi connectivity index (χ4n) is 1.57. The molecule has 0 fully saturated rings. The molecule has 0 radical (unpaired) electrons. The Balaban J connectivity index is 1.77. The normalized spacial score (nSPS) is 10.4. The molecule has 1 heterocycles. The van der Waals surface area contributed by atoms with E-state index < -0.39 is 10.8 Å². The molecule has 2 rings (SSSR count). The van der Waals surface area contributed by atoms with E-state index in [0.29, 0.717) is 10.4 Å². The van der Waals surface area contributed by atoms with E-state index in [0.717, 1.165) is 11.3 Å². The van der Waals surface area contributed by atoms with E-state index in [4.69, 9.17) is 0 Å². The van der Waals surface area contributed by atoms with Crippen molar-refractivity contribution in [3.05, 3.63) is 63.0 Å². The third kappa shape index (κ3) is 5.00. The Labute approximate surface area is 135 Å². The predicted molar refractivity (Wildman–Crippen MR) is 85.5 cm³/mol. The van der Waals surface area contributed by atoms with Gasteiger partial charge in [0.15, 0.2) is 0 Å². The van der Waals surface area contributed by atoms with Crippen LogP contribution in [0, 0.1) is 10.1 Å². The summed E-state index contributed by atoms with van der Waals surface area (Å²) in [5.41, 5.74) is 2.68. The Kier molecular flexibility index (Phi) is 5.53. The summed E-state index contributed by atoms with van der Waals surface area (Å²) >= 11 is 0.939. The summed E-state index contributed by atoms with van der Waals surface area (Å²) in [7, 11) is 0. The van der Waals surface area contributed by atoms with Gasteiger partial charge >= 0.3 is 5.00 Å². The van der Waals surface area contributed by atoms with E-state index in [9.17, 15) is 19.7 Å². The summed E-state index contributed by atoms with van der Waals surface area (Å²) in [5.74, 6) is -0.866. The minimum absolute atomic E-state index is 0.00657. The molecule has 2 N–H and O–H groups in total. The first kappa shape index (κ1) is 16.3. The van der Waals surface area contributed by atoms with Crippen molar-refractivity contribution in [2.45, 2.75) is 0 Å². The summed E-state index contributed by atoms with van der Waals surface area (Å²) in [6.07, 6.45) is 1.30. The molecule has 2 aromatic rings. The van der Waals surface area contributed by atoms with Crippen LogP contribution in [0.4, 0.5) is 5.00 Å². The average Bonchev–Trinajstić information content (AvgIpc) is 3.02. The van der Waals surface area contributed by atoms with E-state index in [1.807, 2.05) is 0 Å². The van der Waals surface area contributed by atoms with Crippen LogP contribution in [-0.4, -0.2) is 29.5 Å². The number of benzene rings is 1. The Hall–Kier alpha value is -3.07. The number of thiophene rings is 1. The van der Waals surface area contributed by atoms with Gasteiger partial charge in [0.05, 0.1) is 22.6 Å². The lowest BCUT2D eigenvalue weighted by atomic mass is 10.2. The second-order valence-corrected chi connectivity index (χ2v) is 5.37. The molecule has 118 valence electrons. The third-order valence-corrected chi connectivity index (χ3v) is 3.59. The van der Waals surface area contributed by atoms with Crippen LogP contribution < -0.4 is 10.7 Å². The van der Waals surface area contributed by atoms with Crippen molar-refractivity contribution in [1.29, 1.82) is 0 Å². The van der Waals surface area contributed by atoms with Crippen molar-refractivity contribution in [3.63, 3.8) is 0 Å². The number of nitrogens with zero attached hydrogens (tertiary/aromatic N) is 2. The fraction of sp³-hybridized carbons (Fsp3) is 0.0714. The molecule has 0 atom stereocenters. The molecule has 0 aliphatic carbocycles. The largest absolute Gasteiger partial charge is 0.343 e. The average molecular weight is 332 g/mol. The summed E-state index contributed by atoms with van der Waals surface area (Å²) in [6, 6.07) is 11.4. The Morgan fingerprint density at radius 2 is 1.96 bits per heavy atom. The number of carbonyl (C=O) groups is 2. The van der Waals surface area contributed by atoms with Crippen molar-refractivity contribution >= 4 is 34.4 Å². The highest BCUT2D eigenvalue weighted by molar-refractivity contribution is 7.16. The molecule has 1 aromatic carbocycles. The molecule has 0 spiro atoms.